The lowest BCUT2D eigenvalue weighted by Crippen LogP contribution is -2.46. The lowest BCUT2D eigenvalue weighted by atomic mass is 10.0. The van der Waals surface area contributed by atoms with Crippen LogP contribution in [0.5, 0.6) is 0 Å². The summed E-state index contributed by atoms with van der Waals surface area (Å²) in [6, 6.07) is 15.0. The van der Waals surface area contributed by atoms with Crippen LogP contribution in [-0.4, -0.2) is 46.9 Å². The summed E-state index contributed by atoms with van der Waals surface area (Å²) in [6.45, 7) is 1.19. The molecule has 1 aliphatic rings. The Bertz CT molecular complexity index is 794. The molecule has 0 saturated carbocycles. The van der Waals surface area contributed by atoms with E-state index in [2.05, 4.69) is 5.32 Å². The highest BCUT2D eigenvalue weighted by atomic mass is 16.4. The summed E-state index contributed by atoms with van der Waals surface area (Å²) in [4.78, 5) is 37.4. The minimum absolute atomic E-state index is 0.00136. The highest BCUT2D eigenvalue weighted by Crippen LogP contribution is 2.15. The molecular weight excluding hydrogens is 332 g/mol. The number of aromatic carboxylic acids is 1. The smallest absolute Gasteiger partial charge is 0.335 e. The van der Waals surface area contributed by atoms with Crippen molar-refractivity contribution in [3.63, 3.8) is 0 Å². The van der Waals surface area contributed by atoms with Gasteiger partial charge in [-0.05, 0) is 49.2 Å². The zero-order valence-corrected chi connectivity index (χ0v) is 14.2. The van der Waals surface area contributed by atoms with Crippen molar-refractivity contribution in [1.82, 2.24) is 10.2 Å². The van der Waals surface area contributed by atoms with E-state index in [-0.39, 0.29) is 23.4 Å². The Balaban J connectivity index is 1.53. The van der Waals surface area contributed by atoms with E-state index >= 15 is 0 Å². The van der Waals surface area contributed by atoms with E-state index in [0.717, 1.165) is 0 Å². The van der Waals surface area contributed by atoms with Crippen molar-refractivity contribution in [3.05, 3.63) is 71.3 Å². The van der Waals surface area contributed by atoms with Gasteiger partial charge in [-0.1, -0.05) is 18.2 Å². The fourth-order valence-corrected chi connectivity index (χ4v) is 3.02. The van der Waals surface area contributed by atoms with Crippen LogP contribution in [0.25, 0.3) is 0 Å². The first kappa shape index (κ1) is 17.7. The van der Waals surface area contributed by atoms with Gasteiger partial charge in [0.25, 0.3) is 11.8 Å². The average molecular weight is 352 g/mol. The number of nitrogens with zero attached hydrogens (tertiary/aromatic N) is 1. The minimum atomic E-state index is -1.02. The molecule has 1 heterocycles. The Labute approximate surface area is 151 Å². The molecule has 26 heavy (non-hydrogen) atoms. The van der Waals surface area contributed by atoms with Gasteiger partial charge in [-0.15, -0.1) is 0 Å². The topological polar surface area (TPSA) is 86.7 Å². The van der Waals surface area contributed by atoms with Crippen LogP contribution in [-0.2, 0) is 0 Å². The van der Waals surface area contributed by atoms with Crippen molar-refractivity contribution in [2.45, 2.75) is 18.9 Å². The number of hydrogen-bond acceptors (Lipinski definition) is 3. The number of likely N-dealkylation sites (tertiary alicyclic amines) is 1. The number of nitrogens with one attached hydrogen (secondary N) is 1. The highest BCUT2D eigenvalue weighted by Gasteiger charge is 2.24. The second-order valence-corrected chi connectivity index (χ2v) is 6.29. The van der Waals surface area contributed by atoms with Crippen molar-refractivity contribution in [3.8, 4) is 0 Å². The van der Waals surface area contributed by atoms with Crippen LogP contribution < -0.4 is 5.32 Å². The molecule has 2 amide bonds. The fraction of sp³-hybridized carbons (Fsp3) is 0.250. The Morgan fingerprint density at radius 1 is 0.846 bits per heavy atom. The maximum atomic E-state index is 12.4. The van der Waals surface area contributed by atoms with E-state index in [9.17, 15) is 14.4 Å². The van der Waals surface area contributed by atoms with Gasteiger partial charge in [0, 0.05) is 30.3 Å². The third-order valence-electron chi connectivity index (χ3n) is 4.53. The Morgan fingerprint density at radius 2 is 1.42 bits per heavy atom. The quantitative estimate of drug-likeness (QED) is 0.885. The number of amides is 2. The number of hydrogen-bond donors (Lipinski definition) is 2. The van der Waals surface area contributed by atoms with Crippen LogP contribution >= 0.6 is 0 Å². The van der Waals surface area contributed by atoms with E-state index in [1.54, 1.807) is 17.0 Å². The molecule has 1 aliphatic heterocycles. The van der Waals surface area contributed by atoms with Crippen molar-refractivity contribution in [2.75, 3.05) is 13.1 Å². The van der Waals surface area contributed by atoms with Gasteiger partial charge in [-0.3, -0.25) is 9.59 Å². The predicted molar refractivity (Wildman–Crippen MR) is 96.2 cm³/mol. The SMILES string of the molecule is O=C(O)c1ccc(C(=O)NC2CCN(C(=O)c3ccccc3)CC2)cc1. The Kier molecular flexibility index (Phi) is 5.31. The maximum Gasteiger partial charge on any atom is 0.335 e. The first-order chi connectivity index (χ1) is 12.5. The summed E-state index contributed by atoms with van der Waals surface area (Å²) in [5.74, 6) is -1.23. The minimum Gasteiger partial charge on any atom is -0.478 e. The molecule has 0 unspecified atom stereocenters. The van der Waals surface area contributed by atoms with Crippen molar-refractivity contribution in [2.24, 2.45) is 0 Å². The molecule has 2 aromatic rings. The zero-order valence-electron chi connectivity index (χ0n) is 14.2. The van der Waals surface area contributed by atoms with Gasteiger partial charge in [-0.2, -0.15) is 0 Å². The first-order valence-electron chi connectivity index (χ1n) is 8.53. The third-order valence-corrected chi connectivity index (χ3v) is 4.53. The summed E-state index contributed by atoms with van der Waals surface area (Å²) in [5, 5.41) is 11.9. The Morgan fingerprint density at radius 3 is 2.00 bits per heavy atom. The molecule has 6 nitrogen and oxygen atoms in total. The molecule has 6 heteroatoms. The molecule has 2 N–H and O–H groups in total. The van der Waals surface area contributed by atoms with Crippen LogP contribution in [0.3, 0.4) is 0 Å². The summed E-state index contributed by atoms with van der Waals surface area (Å²) in [7, 11) is 0. The van der Waals surface area contributed by atoms with E-state index in [4.69, 9.17) is 5.11 Å². The van der Waals surface area contributed by atoms with Gasteiger partial charge in [0.1, 0.15) is 0 Å². The number of carbonyl (C=O) groups is 3. The van der Waals surface area contributed by atoms with E-state index in [1.165, 1.54) is 24.3 Å². The van der Waals surface area contributed by atoms with Crippen molar-refractivity contribution in [1.29, 1.82) is 0 Å². The van der Waals surface area contributed by atoms with Crippen molar-refractivity contribution >= 4 is 17.8 Å². The lowest BCUT2D eigenvalue weighted by molar-refractivity contribution is 0.0685. The lowest BCUT2D eigenvalue weighted by Gasteiger charge is -2.32. The molecule has 0 aliphatic carbocycles. The monoisotopic (exact) mass is 352 g/mol. The molecular formula is C20H20N2O4. The van der Waals surface area contributed by atoms with Gasteiger partial charge in [0.05, 0.1) is 5.56 Å². The summed E-state index contributed by atoms with van der Waals surface area (Å²) < 4.78 is 0. The number of carboxylic acids is 1. The van der Waals surface area contributed by atoms with Crippen LogP contribution in [0.2, 0.25) is 0 Å². The van der Waals surface area contributed by atoms with Crippen LogP contribution in [0.1, 0.15) is 43.9 Å². The molecule has 0 spiro atoms. The zero-order chi connectivity index (χ0) is 18.5. The molecule has 0 atom stereocenters. The molecule has 3 rings (SSSR count). The summed E-state index contributed by atoms with van der Waals surface area (Å²) in [6.07, 6.45) is 1.38. The summed E-state index contributed by atoms with van der Waals surface area (Å²) >= 11 is 0. The summed E-state index contributed by atoms with van der Waals surface area (Å²) in [5.41, 5.74) is 1.25. The molecule has 0 aromatic heterocycles. The molecule has 1 fully saturated rings. The second-order valence-electron chi connectivity index (χ2n) is 6.29. The standard InChI is InChI=1S/C20H20N2O4/c23-18(14-6-8-16(9-7-14)20(25)26)21-17-10-12-22(13-11-17)19(24)15-4-2-1-3-5-15/h1-9,17H,10-13H2,(H,21,23)(H,25,26). The molecule has 0 radical (unpaired) electrons. The van der Waals surface area contributed by atoms with Gasteiger partial charge in [0.2, 0.25) is 0 Å². The molecule has 2 aromatic carbocycles. The number of carboxylic acid groups (broad SMARTS) is 1. The van der Waals surface area contributed by atoms with Gasteiger partial charge < -0.3 is 15.3 Å². The Hall–Kier alpha value is -3.15. The highest BCUT2D eigenvalue weighted by molar-refractivity contribution is 5.96. The van der Waals surface area contributed by atoms with E-state index < -0.39 is 5.97 Å². The van der Waals surface area contributed by atoms with Gasteiger partial charge in [-0.25, -0.2) is 4.79 Å². The molecule has 0 bridgehead atoms. The van der Waals surface area contributed by atoms with Crippen LogP contribution in [0.15, 0.2) is 54.6 Å². The third kappa shape index (κ3) is 4.08. The number of piperidine rings is 1. The largest absolute Gasteiger partial charge is 0.478 e. The molecule has 1 saturated heterocycles. The number of benzene rings is 2. The number of carbonyl (C=O) groups excluding carboxylic acids is 2. The normalized spacial score (nSPS) is 14.7. The van der Waals surface area contributed by atoms with Gasteiger partial charge >= 0.3 is 5.97 Å². The van der Waals surface area contributed by atoms with Gasteiger partial charge in [0.15, 0.2) is 0 Å². The van der Waals surface area contributed by atoms with Crippen LogP contribution in [0, 0.1) is 0 Å². The van der Waals surface area contributed by atoms with E-state index in [0.29, 0.717) is 37.1 Å². The maximum absolute atomic E-state index is 12.4. The molecule has 134 valence electrons. The van der Waals surface area contributed by atoms with Crippen LogP contribution in [0.4, 0.5) is 0 Å². The first-order valence-corrected chi connectivity index (χ1v) is 8.53. The average Bonchev–Trinajstić information content (AvgIpc) is 2.68. The fourth-order valence-electron chi connectivity index (χ4n) is 3.02. The predicted octanol–water partition coefficient (Wildman–Crippen LogP) is 2.42. The second kappa shape index (κ2) is 7.82. The number of rotatable bonds is 4. The van der Waals surface area contributed by atoms with E-state index in [1.807, 2.05) is 18.2 Å². The van der Waals surface area contributed by atoms with Crippen molar-refractivity contribution < 1.29 is 19.5 Å².